The van der Waals surface area contributed by atoms with Crippen LogP contribution in [0, 0.1) is 5.82 Å². The Hall–Kier alpha value is -2.11. The van der Waals surface area contributed by atoms with Crippen molar-refractivity contribution < 1.29 is 18.8 Å². The molecule has 0 aliphatic heterocycles. The number of amides is 2. The first-order valence-corrected chi connectivity index (χ1v) is 6.41. The molecular weight excluding hydrogens is 263 g/mol. The number of rotatable bonds is 2. The summed E-state index contributed by atoms with van der Waals surface area (Å²) in [7, 11) is 0. The molecule has 1 atom stereocenters. The first-order chi connectivity index (χ1) is 9.41. The number of ketones is 1. The van der Waals surface area contributed by atoms with Crippen LogP contribution in [0.5, 0.6) is 0 Å². The van der Waals surface area contributed by atoms with Gasteiger partial charge in [0.2, 0.25) is 11.8 Å². The Morgan fingerprint density at radius 2 is 2.00 bits per heavy atom. The normalized spacial score (nSPS) is 18.1. The molecule has 0 radical (unpaired) electrons. The fourth-order valence-corrected chi connectivity index (χ4v) is 2.49. The number of anilines is 1. The quantitative estimate of drug-likeness (QED) is 0.829. The van der Waals surface area contributed by atoms with Gasteiger partial charge in [-0.1, -0.05) is 0 Å². The fourth-order valence-electron chi connectivity index (χ4n) is 2.49. The molecule has 1 aliphatic rings. The minimum Gasteiger partial charge on any atom is -0.299 e. The summed E-state index contributed by atoms with van der Waals surface area (Å²) in [5.74, 6) is -2.54. The SMILES string of the molecule is CC(=O)N(C(C)=O)c1ncc(C2CCCC2=O)cc1F. The van der Waals surface area contributed by atoms with E-state index in [1.54, 1.807) is 0 Å². The zero-order valence-corrected chi connectivity index (χ0v) is 11.4. The summed E-state index contributed by atoms with van der Waals surface area (Å²) >= 11 is 0. The standard InChI is InChI=1S/C14H15FN2O3/c1-8(18)17(9(2)19)14-12(15)6-10(7-16-14)11-4-3-5-13(11)20/h6-7,11H,3-5H2,1-2H3. The molecule has 0 aromatic carbocycles. The van der Waals surface area contributed by atoms with E-state index in [-0.39, 0.29) is 17.5 Å². The molecule has 1 saturated carbocycles. The van der Waals surface area contributed by atoms with E-state index < -0.39 is 17.6 Å². The van der Waals surface area contributed by atoms with Gasteiger partial charge in [0.05, 0.1) is 0 Å². The van der Waals surface area contributed by atoms with Crippen molar-refractivity contribution in [3.8, 4) is 0 Å². The van der Waals surface area contributed by atoms with Crippen LogP contribution in [0.25, 0.3) is 0 Å². The summed E-state index contributed by atoms with van der Waals surface area (Å²) in [4.78, 5) is 38.9. The van der Waals surface area contributed by atoms with Crippen molar-refractivity contribution in [3.05, 3.63) is 23.6 Å². The van der Waals surface area contributed by atoms with Crippen LogP contribution < -0.4 is 4.90 Å². The zero-order valence-electron chi connectivity index (χ0n) is 11.4. The maximum Gasteiger partial charge on any atom is 0.231 e. The van der Waals surface area contributed by atoms with Gasteiger partial charge in [0.15, 0.2) is 11.6 Å². The summed E-state index contributed by atoms with van der Waals surface area (Å²) in [6, 6.07) is 1.19. The Kier molecular flexibility index (Phi) is 3.92. The molecule has 1 aromatic rings. The number of pyridine rings is 1. The summed E-state index contributed by atoms with van der Waals surface area (Å²) in [6.45, 7) is 2.33. The molecule has 0 N–H and O–H groups in total. The van der Waals surface area contributed by atoms with E-state index in [9.17, 15) is 18.8 Å². The Morgan fingerprint density at radius 3 is 2.45 bits per heavy atom. The molecule has 6 heteroatoms. The maximum atomic E-state index is 14.1. The van der Waals surface area contributed by atoms with Crippen molar-refractivity contribution in [2.45, 2.75) is 39.0 Å². The number of halogens is 1. The van der Waals surface area contributed by atoms with E-state index in [4.69, 9.17) is 0 Å². The number of carbonyl (C=O) groups excluding carboxylic acids is 3. The second-order valence-corrected chi connectivity index (χ2v) is 4.86. The fraction of sp³-hybridized carbons (Fsp3) is 0.429. The van der Waals surface area contributed by atoms with Crippen LogP contribution in [0.1, 0.15) is 44.6 Å². The average molecular weight is 278 g/mol. The van der Waals surface area contributed by atoms with Crippen molar-refractivity contribution in [1.29, 1.82) is 0 Å². The number of hydrogen-bond acceptors (Lipinski definition) is 4. The van der Waals surface area contributed by atoms with E-state index in [0.717, 1.165) is 20.3 Å². The predicted molar refractivity (Wildman–Crippen MR) is 69.6 cm³/mol. The molecule has 1 fully saturated rings. The second kappa shape index (κ2) is 5.48. The number of imide groups is 1. The van der Waals surface area contributed by atoms with Crippen LogP contribution in [-0.2, 0) is 14.4 Å². The molecule has 5 nitrogen and oxygen atoms in total. The van der Waals surface area contributed by atoms with Crippen LogP contribution >= 0.6 is 0 Å². The predicted octanol–water partition coefficient (Wildman–Crippen LogP) is 1.96. The molecule has 0 bridgehead atoms. The summed E-state index contributed by atoms with van der Waals surface area (Å²) in [5.41, 5.74) is 0.501. The van der Waals surface area contributed by atoms with Gasteiger partial charge in [-0.25, -0.2) is 14.3 Å². The van der Waals surface area contributed by atoms with Gasteiger partial charge >= 0.3 is 0 Å². The number of hydrogen-bond donors (Lipinski definition) is 0. The first-order valence-electron chi connectivity index (χ1n) is 6.41. The molecule has 1 unspecified atom stereocenters. The van der Waals surface area contributed by atoms with Crippen LogP contribution in [0.2, 0.25) is 0 Å². The highest BCUT2D eigenvalue weighted by atomic mass is 19.1. The third kappa shape index (κ3) is 2.59. The molecule has 1 aromatic heterocycles. The molecule has 2 amide bonds. The van der Waals surface area contributed by atoms with Crippen molar-refractivity contribution in [3.63, 3.8) is 0 Å². The lowest BCUT2D eigenvalue weighted by Gasteiger charge is -2.17. The topological polar surface area (TPSA) is 67.3 Å². The molecular formula is C14H15FN2O3. The highest BCUT2D eigenvalue weighted by molar-refractivity contribution is 6.12. The highest BCUT2D eigenvalue weighted by Gasteiger charge is 2.28. The Labute approximate surface area is 115 Å². The molecule has 0 saturated heterocycles. The van der Waals surface area contributed by atoms with Crippen molar-refractivity contribution in [2.24, 2.45) is 0 Å². The third-order valence-electron chi connectivity index (χ3n) is 3.39. The van der Waals surface area contributed by atoms with Gasteiger partial charge in [-0.3, -0.25) is 14.4 Å². The number of carbonyl (C=O) groups is 3. The minimum atomic E-state index is -0.771. The van der Waals surface area contributed by atoms with E-state index in [1.165, 1.54) is 12.3 Å². The van der Waals surface area contributed by atoms with Gasteiger partial charge in [0.1, 0.15) is 5.78 Å². The lowest BCUT2D eigenvalue weighted by Crippen LogP contribution is -2.34. The van der Waals surface area contributed by atoms with Gasteiger partial charge in [0, 0.05) is 32.4 Å². The van der Waals surface area contributed by atoms with Gasteiger partial charge < -0.3 is 0 Å². The van der Waals surface area contributed by atoms with Crippen molar-refractivity contribution in [2.75, 3.05) is 4.90 Å². The molecule has 106 valence electrons. The largest absolute Gasteiger partial charge is 0.299 e. The molecule has 0 spiro atoms. The van der Waals surface area contributed by atoms with Crippen LogP contribution in [0.3, 0.4) is 0 Å². The lowest BCUT2D eigenvalue weighted by molar-refractivity contribution is -0.124. The van der Waals surface area contributed by atoms with E-state index in [0.29, 0.717) is 23.3 Å². The summed E-state index contributed by atoms with van der Waals surface area (Å²) < 4.78 is 14.1. The number of nitrogens with zero attached hydrogens (tertiary/aromatic N) is 2. The summed E-state index contributed by atoms with van der Waals surface area (Å²) in [5, 5.41) is 0. The third-order valence-corrected chi connectivity index (χ3v) is 3.39. The van der Waals surface area contributed by atoms with Crippen molar-refractivity contribution >= 4 is 23.4 Å². The summed E-state index contributed by atoms with van der Waals surface area (Å²) in [6.07, 6.45) is 3.34. The van der Waals surface area contributed by atoms with E-state index in [1.807, 2.05) is 0 Å². The van der Waals surface area contributed by atoms with Gasteiger partial charge in [0.25, 0.3) is 0 Å². The van der Waals surface area contributed by atoms with E-state index in [2.05, 4.69) is 4.98 Å². The minimum absolute atomic E-state index is 0.0777. The van der Waals surface area contributed by atoms with Crippen LogP contribution in [0.4, 0.5) is 10.2 Å². The first kappa shape index (κ1) is 14.3. The smallest absolute Gasteiger partial charge is 0.231 e. The lowest BCUT2D eigenvalue weighted by atomic mass is 9.98. The zero-order chi connectivity index (χ0) is 14.9. The average Bonchev–Trinajstić information content (AvgIpc) is 2.77. The van der Waals surface area contributed by atoms with E-state index >= 15 is 0 Å². The van der Waals surface area contributed by atoms with Gasteiger partial charge in [-0.15, -0.1) is 0 Å². The monoisotopic (exact) mass is 278 g/mol. The van der Waals surface area contributed by atoms with Gasteiger partial charge in [-0.05, 0) is 24.5 Å². The second-order valence-electron chi connectivity index (χ2n) is 4.86. The molecule has 2 rings (SSSR count). The molecule has 20 heavy (non-hydrogen) atoms. The molecule has 1 aliphatic carbocycles. The Balaban J connectivity index is 2.37. The Morgan fingerprint density at radius 1 is 1.35 bits per heavy atom. The van der Waals surface area contributed by atoms with Crippen LogP contribution in [0.15, 0.2) is 12.3 Å². The Bertz CT molecular complexity index is 572. The number of Topliss-reactive ketones (excluding diaryl/α,β-unsaturated/α-hetero) is 1. The number of aromatic nitrogens is 1. The molecule has 1 heterocycles. The maximum absolute atomic E-state index is 14.1. The van der Waals surface area contributed by atoms with Crippen molar-refractivity contribution in [1.82, 2.24) is 4.98 Å². The van der Waals surface area contributed by atoms with Crippen LogP contribution in [-0.4, -0.2) is 22.6 Å². The van der Waals surface area contributed by atoms with Gasteiger partial charge in [-0.2, -0.15) is 0 Å². The highest BCUT2D eigenvalue weighted by Crippen LogP contribution is 2.32.